The SMILES string of the molecule is Cc1ccc(PC(=O)c2c(Cl)cccc2Cl)cc1.[LiH]. The summed E-state index contributed by atoms with van der Waals surface area (Å²) in [5.74, 6) is 0. The van der Waals surface area contributed by atoms with Gasteiger partial charge in [0.1, 0.15) is 0 Å². The molecule has 0 aliphatic heterocycles. The maximum atomic E-state index is 12.2. The Morgan fingerprint density at radius 3 is 2.05 bits per heavy atom. The second-order valence-electron chi connectivity index (χ2n) is 3.92. The summed E-state index contributed by atoms with van der Waals surface area (Å²) in [5, 5.41) is 1.81. The third kappa shape index (κ3) is 4.35. The fourth-order valence-electron chi connectivity index (χ4n) is 1.55. The fourth-order valence-corrected chi connectivity index (χ4v) is 3.26. The van der Waals surface area contributed by atoms with Gasteiger partial charge in [-0.25, -0.2) is 0 Å². The van der Waals surface area contributed by atoms with E-state index < -0.39 is 0 Å². The normalized spacial score (nSPS) is 10.5. The molecule has 1 nitrogen and oxygen atoms in total. The van der Waals surface area contributed by atoms with E-state index in [0.29, 0.717) is 15.6 Å². The molecule has 2 aromatic rings. The Labute approximate surface area is 136 Å². The zero-order chi connectivity index (χ0) is 13.1. The topological polar surface area (TPSA) is 17.1 Å². The van der Waals surface area contributed by atoms with Gasteiger partial charge in [-0.05, 0) is 32.9 Å². The van der Waals surface area contributed by atoms with Crippen molar-refractivity contribution >= 4 is 61.5 Å². The Hall–Kier alpha value is -0.283. The molecule has 1 unspecified atom stereocenters. The van der Waals surface area contributed by atoms with Gasteiger partial charge in [-0.2, -0.15) is 0 Å². The van der Waals surface area contributed by atoms with Gasteiger partial charge in [0.25, 0.3) is 0 Å². The molecular weight excluding hydrogens is 293 g/mol. The molecule has 0 fully saturated rings. The maximum absolute atomic E-state index is 12.2. The second kappa shape index (κ2) is 7.49. The third-order valence-electron chi connectivity index (χ3n) is 2.50. The molecule has 0 N–H and O–H groups in total. The van der Waals surface area contributed by atoms with E-state index in [1.54, 1.807) is 18.2 Å². The van der Waals surface area contributed by atoms with Crippen molar-refractivity contribution in [1.29, 1.82) is 0 Å². The van der Waals surface area contributed by atoms with Crippen LogP contribution in [-0.4, -0.2) is 24.4 Å². The van der Waals surface area contributed by atoms with E-state index in [4.69, 9.17) is 23.2 Å². The molecule has 0 saturated carbocycles. The van der Waals surface area contributed by atoms with Gasteiger partial charge < -0.3 is 0 Å². The van der Waals surface area contributed by atoms with Gasteiger partial charge in [-0.3, -0.25) is 4.79 Å². The Balaban J connectivity index is 0.00000180. The van der Waals surface area contributed by atoms with Crippen molar-refractivity contribution in [3.63, 3.8) is 0 Å². The molecule has 0 saturated heterocycles. The first-order valence-electron chi connectivity index (χ1n) is 5.40. The van der Waals surface area contributed by atoms with Crippen LogP contribution < -0.4 is 5.30 Å². The van der Waals surface area contributed by atoms with Crippen LogP contribution in [0.15, 0.2) is 42.5 Å². The van der Waals surface area contributed by atoms with Crippen molar-refractivity contribution in [2.24, 2.45) is 0 Å². The first-order chi connectivity index (χ1) is 8.58. The van der Waals surface area contributed by atoms with Crippen molar-refractivity contribution in [2.75, 3.05) is 0 Å². The molecule has 0 spiro atoms. The summed E-state index contributed by atoms with van der Waals surface area (Å²) in [6.45, 7) is 2.01. The third-order valence-corrected chi connectivity index (χ3v) is 4.23. The van der Waals surface area contributed by atoms with E-state index in [1.165, 1.54) is 5.56 Å². The average Bonchev–Trinajstić information content (AvgIpc) is 2.32. The standard InChI is InChI=1S/C14H11Cl2OP.Li.H/c1-9-5-7-10(8-6-9)18-14(17)13-11(15)3-2-4-12(13)16;;/h2-8,18H,1H3;;. The van der Waals surface area contributed by atoms with E-state index in [0.717, 1.165) is 5.30 Å². The van der Waals surface area contributed by atoms with Crippen LogP contribution in [0.2, 0.25) is 10.0 Å². The van der Waals surface area contributed by atoms with Crippen molar-refractivity contribution in [1.82, 2.24) is 0 Å². The van der Waals surface area contributed by atoms with E-state index in [9.17, 15) is 4.79 Å². The summed E-state index contributed by atoms with van der Waals surface area (Å²) in [6, 6.07) is 13.0. The number of carbonyl (C=O) groups excluding carboxylic acids is 1. The number of halogens is 2. The van der Waals surface area contributed by atoms with Gasteiger partial charge in [0.05, 0.1) is 15.6 Å². The molecule has 0 aliphatic rings. The fraction of sp³-hybridized carbons (Fsp3) is 0.0714. The van der Waals surface area contributed by atoms with Crippen LogP contribution in [-0.2, 0) is 0 Å². The van der Waals surface area contributed by atoms with Gasteiger partial charge in [0, 0.05) is 0 Å². The van der Waals surface area contributed by atoms with Crippen LogP contribution in [0.4, 0.5) is 0 Å². The van der Waals surface area contributed by atoms with Crippen LogP contribution in [0.3, 0.4) is 0 Å². The zero-order valence-corrected chi connectivity index (χ0v) is 12.2. The number of carbonyl (C=O) groups is 1. The molecular formula is C14H12Cl2LiOP. The number of aryl methyl sites for hydroxylation is 1. The first kappa shape index (κ1) is 16.8. The minimum atomic E-state index is -0.0329. The van der Waals surface area contributed by atoms with Crippen molar-refractivity contribution in [3.05, 3.63) is 63.6 Å². The molecule has 19 heavy (non-hydrogen) atoms. The Morgan fingerprint density at radius 2 is 1.53 bits per heavy atom. The summed E-state index contributed by atoms with van der Waals surface area (Å²) in [4.78, 5) is 12.2. The van der Waals surface area contributed by atoms with Crippen LogP contribution in [0.5, 0.6) is 0 Å². The Kier molecular flexibility index (Phi) is 6.61. The molecule has 2 rings (SSSR count). The van der Waals surface area contributed by atoms with E-state index >= 15 is 0 Å². The van der Waals surface area contributed by atoms with Gasteiger partial charge in [0.15, 0.2) is 5.52 Å². The van der Waals surface area contributed by atoms with Crippen molar-refractivity contribution < 1.29 is 4.79 Å². The molecule has 2 aromatic carbocycles. The molecule has 0 heterocycles. The summed E-state index contributed by atoms with van der Waals surface area (Å²) >= 11 is 12.0. The zero-order valence-electron chi connectivity index (χ0n) is 9.71. The van der Waals surface area contributed by atoms with E-state index in [2.05, 4.69) is 0 Å². The molecule has 0 radical (unpaired) electrons. The minimum absolute atomic E-state index is 0. The molecule has 0 aromatic heterocycles. The quantitative estimate of drug-likeness (QED) is 0.623. The Bertz CT molecular complexity index is 564. The number of benzene rings is 2. The van der Waals surface area contributed by atoms with Crippen molar-refractivity contribution in [3.8, 4) is 0 Å². The number of hydrogen-bond acceptors (Lipinski definition) is 1. The molecule has 0 bridgehead atoms. The molecule has 5 heteroatoms. The Morgan fingerprint density at radius 1 is 1.00 bits per heavy atom. The van der Waals surface area contributed by atoms with E-state index in [1.807, 2.05) is 31.2 Å². The number of rotatable bonds is 3. The van der Waals surface area contributed by atoms with Gasteiger partial charge in [0.2, 0.25) is 0 Å². The van der Waals surface area contributed by atoms with Crippen molar-refractivity contribution in [2.45, 2.75) is 6.92 Å². The van der Waals surface area contributed by atoms with Gasteiger partial charge in [-0.1, -0.05) is 59.1 Å². The molecule has 1 atom stereocenters. The monoisotopic (exact) mass is 304 g/mol. The summed E-state index contributed by atoms with van der Waals surface area (Å²) in [7, 11) is 0.0370. The molecule has 0 amide bonds. The van der Waals surface area contributed by atoms with Crippen LogP contribution in [0.25, 0.3) is 0 Å². The summed E-state index contributed by atoms with van der Waals surface area (Å²) in [5.41, 5.74) is 1.56. The first-order valence-corrected chi connectivity index (χ1v) is 7.15. The second-order valence-corrected chi connectivity index (χ2v) is 6.01. The predicted molar refractivity (Wildman–Crippen MR) is 87.1 cm³/mol. The molecule has 0 aliphatic carbocycles. The molecule has 94 valence electrons. The van der Waals surface area contributed by atoms with Crippen LogP contribution in [0.1, 0.15) is 15.9 Å². The van der Waals surface area contributed by atoms with Crippen LogP contribution >= 0.6 is 31.8 Å². The van der Waals surface area contributed by atoms with Crippen LogP contribution in [0, 0.1) is 6.92 Å². The summed E-state index contributed by atoms with van der Waals surface area (Å²) in [6.07, 6.45) is 0. The van der Waals surface area contributed by atoms with E-state index in [-0.39, 0.29) is 33.0 Å². The number of hydrogen-bond donors (Lipinski definition) is 0. The van der Waals surface area contributed by atoms with Gasteiger partial charge in [-0.15, -0.1) is 0 Å². The summed E-state index contributed by atoms with van der Waals surface area (Å²) < 4.78 is 0. The van der Waals surface area contributed by atoms with Gasteiger partial charge >= 0.3 is 18.9 Å². The average molecular weight is 305 g/mol. The predicted octanol–water partition coefficient (Wildman–Crippen LogP) is 3.80.